The summed E-state index contributed by atoms with van der Waals surface area (Å²) in [5.41, 5.74) is 3.40. The smallest absolute Gasteiger partial charge is 0.238 e. The molecule has 6 atom stereocenters. The van der Waals surface area contributed by atoms with E-state index in [1.54, 1.807) is 7.11 Å². The predicted octanol–water partition coefficient (Wildman–Crippen LogP) is 3.68. The summed E-state index contributed by atoms with van der Waals surface area (Å²) in [5.74, 6) is -0.278. The van der Waals surface area contributed by atoms with Crippen molar-refractivity contribution in [2.45, 2.75) is 38.2 Å². The van der Waals surface area contributed by atoms with Crippen molar-refractivity contribution in [3.8, 4) is 11.8 Å². The summed E-state index contributed by atoms with van der Waals surface area (Å²) in [6.45, 7) is 0. The highest BCUT2D eigenvalue weighted by molar-refractivity contribution is 7.17. The number of carbonyl (C=O) groups excluding carboxylic acids is 2. The van der Waals surface area contributed by atoms with Gasteiger partial charge in [-0.3, -0.25) is 9.59 Å². The number of oxime groups is 1. The van der Waals surface area contributed by atoms with Gasteiger partial charge in [-0.1, -0.05) is 5.16 Å². The fraction of sp³-hybridized carbons (Fsp3) is 0.462. The Kier molecular flexibility index (Phi) is 4.26. The number of nitrogens with zero attached hydrogens (tertiary/aromatic N) is 3. The van der Waals surface area contributed by atoms with E-state index in [2.05, 4.69) is 11.2 Å². The Hall–Kier alpha value is -3.18. The normalized spacial score (nSPS) is 32.7. The van der Waals surface area contributed by atoms with Crippen molar-refractivity contribution in [2.75, 3.05) is 12.0 Å². The van der Waals surface area contributed by atoms with Gasteiger partial charge in [-0.15, -0.1) is 11.3 Å². The molecule has 1 saturated heterocycles. The fourth-order valence-corrected chi connectivity index (χ4v) is 8.50. The molecule has 1 aromatic heterocycles. The summed E-state index contributed by atoms with van der Waals surface area (Å²) >= 11 is 1.47. The lowest BCUT2D eigenvalue weighted by Crippen LogP contribution is -2.41. The van der Waals surface area contributed by atoms with Crippen LogP contribution in [0.2, 0.25) is 0 Å². The summed E-state index contributed by atoms with van der Waals surface area (Å²) in [7, 11) is 1.63. The number of nitriles is 1. The Balaban J connectivity index is 1.24. The average Bonchev–Trinajstić information content (AvgIpc) is 3.65. The van der Waals surface area contributed by atoms with Gasteiger partial charge in [-0.2, -0.15) is 5.26 Å². The van der Waals surface area contributed by atoms with E-state index in [0.717, 1.165) is 59.6 Å². The molecule has 3 fully saturated rings. The number of fused-ring (bicyclic) bond motifs is 9. The molecule has 2 aromatic rings. The van der Waals surface area contributed by atoms with Crippen LogP contribution in [0, 0.1) is 40.9 Å². The summed E-state index contributed by atoms with van der Waals surface area (Å²) in [6, 6.07) is 10.0. The molecular formula is C26H23N3O4S. The Morgan fingerprint density at radius 1 is 1.09 bits per heavy atom. The van der Waals surface area contributed by atoms with Gasteiger partial charge < -0.3 is 9.57 Å². The van der Waals surface area contributed by atoms with E-state index in [9.17, 15) is 14.9 Å². The Labute approximate surface area is 200 Å². The molecule has 8 heteroatoms. The monoisotopic (exact) mass is 473 g/mol. The van der Waals surface area contributed by atoms with Gasteiger partial charge in [0.05, 0.1) is 30.2 Å². The van der Waals surface area contributed by atoms with Crippen LogP contribution in [0.1, 0.15) is 40.8 Å². The van der Waals surface area contributed by atoms with Crippen molar-refractivity contribution >= 4 is 33.9 Å². The first kappa shape index (κ1) is 20.2. The number of rotatable bonds is 3. The number of benzene rings is 1. The van der Waals surface area contributed by atoms with Crippen molar-refractivity contribution < 1.29 is 19.2 Å². The fourth-order valence-electron chi connectivity index (χ4n) is 7.15. The van der Waals surface area contributed by atoms with E-state index in [4.69, 9.17) is 9.57 Å². The number of ether oxygens (including phenoxy) is 1. The van der Waals surface area contributed by atoms with Crippen LogP contribution in [0.3, 0.4) is 0 Å². The lowest BCUT2D eigenvalue weighted by atomic mass is 9.71. The first-order valence-corrected chi connectivity index (χ1v) is 12.7. The molecule has 1 aromatic carbocycles. The molecule has 0 radical (unpaired) electrons. The first-order valence-electron chi connectivity index (χ1n) is 11.9. The summed E-state index contributed by atoms with van der Waals surface area (Å²) in [4.78, 5) is 35.9. The molecule has 172 valence electrons. The molecule has 0 N–H and O–H groups in total. The number of methoxy groups -OCH3 is 1. The highest BCUT2D eigenvalue weighted by Crippen LogP contribution is 2.62. The van der Waals surface area contributed by atoms with E-state index < -0.39 is 0 Å². The molecule has 3 aliphatic carbocycles. The Bertz CT molecular complexity index is 1310. The molecule has 2 saturated carbocycles. The molecular weight excluding hydrogens is 450 g/mol. The number of aryl methyl sites for hydroxylation is 1. The van der Waals surface area contributed by atoms with Crippen LogP contribution in [-0.4, -0.2) is 30.7 Å². The van der Waals surface area contributed by atoms with E-state index in [-0.39, 0.29) is 47.5 Å². The molecule has 0 unspecified atom stereocenters. The Morgan fingerprint density at radius 2 is 1.82 bits per heavy atom. The third-order valence-corrected chi connectivity index (χ3v) is 9.82. The second-order valence-electron chi connectivity index (χ2n) is 9.93. The minimum Gasteiger partial charge on any atom is -0.497 e. The topological polar surface area (TPSA) is 92.0 Å². The highest BCUT2D eigenvalue weighted by atomic mass is 32.1. The summed E-state index contributed by atoms with van der Waals surface area (Å²) in [6.07, 6.45) is 4.53. The molecule has 2 aliphatic heterocycles. The number of carbonyl (C=O) groups is 2. The zero-order chi connectivity index (χ0) is 23.1. The van der Waals surface area contributed by atoms with E-state index in [0.29, 0.717) is 10.6 Å². The van der Waals surface area contributed by atoms with Crippen molar-refractivity contribution in [3.63, 3.8) is 0 Å². The number of thiophene rings is 1. The Morgan fingerprint density at radius 3 is 2.56 bits per heavy atom. The van der Waals surface area contributed by atoms with Crippen LogP contribution in [0.5, 0.6) is 5.75 Å². The van der Waals surface area contributed by atoms with Crippen LogP contribution in [0.15, 0.2) is 29.4 Å². The molecule has 7 rings (SSSR count). The molecule has 2 bridgehead atoms. The SMILES string of the molecule is COc1ccc(C2=NO[C@@H]3[C@@H]4C[C@@H]([C@H]5C(=O)N(c6sc7c(c6C#N)CCCC7)C(=O)[C@@H]45)[C@H]23)cc1. The lowest BCUT2D eigenvalue weighted by molar-refractivity contribution is -0.125. The van der Waals surface area contributed by atoms with E-state index in [1.165, 1.54) is 16.2 Å². The van der Waals surface area contributed by atoms with Crippen LogP contribution in [-0.2, 0) is 27.3 Å². The first-order chi connectivity index (χ1) is 16.6. The summed E-state index contributed by atoms with van der Waals surface area (Å²) < 4.78 is 5.27. The molecule has 2 amide bonds. The van der Waals surface area contributed by atoms with Crippen molar-refractivity contribution in [3.05, 3.63) is 45.8 Å². The van der Waals surface area contributed by atoms with E-state index in [1.807, 2.05) is 24.3 Å². The second kappa shape index (κ2) is 7.16. The van der Waals surface area contributed by atoms with Gasteiger partial charge in [-0.05, 0) is 67.9 Å². The van der Waals surface area contributed by atoms with Crippen LogP contribution >= 0.6 is 11.3 Å². The third kappa shape index (κ3) is 2.48. The maximum Gasteiger partial charge on any atom is 0.238 e. The van der Waals surface area contributed by atoms with E-state index >= 15 is 0 Å². The van der Waals surface area contributed by atoms with Gasteiger partial charge in [0.1, 0.15) is 22.9 Å². The molecule has 0 spiro atoms. The molecule has 7 nitrogen and oxygen atoms in total. The zero-order valence-electron chi connectivity index (χ0n) is 18.7. The van der Waals surface area contributed by atoms with Gasteiger partial charge in [0.15, 0.2) is 0 Å². The van der Waals surface area contributed by atoms with Crippen molar-refractivity contribution in [1.82, 2.24) is 0 Å². The quantitative estimate of drug-likeness (QED) is 0.634. The number of hydrogen-bond acceptors (Lipinski definition) is 7. The highest BCUT2D eigenvalue weighted by Gasteiger charge is 2.70. The number of amides is 2. The molecule has 5 aliphatic rings. The average molecular weight is 474 g/mol. The van der Waals surface area contributed by atoms with Gasteiger partial charge in [0, 0.05) is 22.3 Å². The van der Waals surface area contributed by atoms with Crippen LogP contribution in [0.25, 0.3) is 0 Å². The molecule has 34 heavy (non-hydrogen) atoms. The van der Waals surface area contributed by atoms with Crippen molar-refractivity contribution in [2.24, 2.45) is 34.7 Å². The lowest BCUT2D eigenvalue weighted by Gasteiger charge is -2.29. The molecule has 3 heterocycles. The largest absolute Gasteiger partial charge is 0.497 e. The van der Waals surface area contributed by atoms with Gasteiger partial charge in [0.2, 0.25) is 11.8 Å². The summed E-state index contributed by atoms with van der Waals surface area (Å²) in [5, 5.41) is 14.9. The van der Waals surface area contributed by atoms with Crippen LogP contribution < -0.4 is 9.64 Å². The maximum absolute atomic E-state index is 13.8. The van der Waals surface area contributed by atoms with Gasteiger partial charge in [0.25, 0.3) is 0 Å². The number of imide groups is 1. The zero-order valence-corrected chi connectivity index (χ0v) is 19.5. The minimum absolute atomic E-state index is 0.00308. The number of anilines is 1. The maximum atomic E-state index is 13.8. The number of hydrogen-bond donors (Lipinski definition) is 0. The van der Waals surface area contributed by atoms with Crippen LogP contribution in [0.4, 0.5) is 5.00 Å². The van der Waals surface area contributed by atoms with Crippen molar-refractivity contribution in [1.29, 1.82) is 5.26 Å². The van der Waals surface area contributed by atoms with Gasteiger partial charge in [-0.25, -0.2) is 4.90 Å². The minimum atomic E-state index is -0.380. The third-order valence-electron chi connectivity index (χ3n) is 8.54. The second-order valence-corrected chi connectivity index (χ2v) is 11.0. The van der Waals surface area contributed by atoms with Gasteiger partial charge >= 0.3 is 0 Å². The standard InChI is InChI=1S/C26H23N3O4S/c1-32-13-8-6-12(7-9-13)22-21-15-10-16(23(21)33-28-22)20-19(15)24(30)29(25(20)31)26-17(11-27)14-4-2-3-5-18(14)34-26/h6-9,15-16,19-21,23H,2-5,10H2,1H3/t15-,16+,19+,20-,21+,23+/m0/s1. The predicted molar refractivity (Wildman–Crippen MR) is 125 cm³/mol.